The third-order valence-electron chi connectivity index (χ3n) is 4.93. The quantitative estimate of drug-likeness (QED) is 0.523. The van der Waals surface area contributed by atoms with Crippen molar-refractivity contribution < 1.29 is 22.7 Å². The number of aromatic nitrogens is 2. The zero-order valence-corrected chi connectivity index (χ0v) is 21.0. The Hall–Kier alpha value is -3.32. The summed E-state index contributed by atoms with van der Waals surface area (Å²) in [6.07, 6.45) is 2.95. The molecular weight excluding hydrogens is 456 g/mol. The number of sulfone groups is 1. The Kier molecular flexibility index (Phi) is 9.69. The Morgan fingerprint density at radius 2 is 1.91 bits per heavy atom. The molecule has 1 aromatic carbocycles. The standard InChI is InChI=1S/C24H32N4O5S/c1-6-13-28(23(29)22(17(2)3)27-24(30)33-4)16-21-25-15-20(26-21)19-11-9-18(10-12-19)8-7-14-34(5,31)32/h9-12,15,17,22H,6,13-14,16H2,1-5H3,(H,25,26)(H,27,30)/t22-/m0/s1. The first-order chi connectivity index (χ1) is 16.0. The lowest BCUT2D eigenvalue weighted by atomic mass is 10.0. The number of benzene rings is 1. The normalized spacial score (nSPS) is 11.9. The molecule has 0 aliphatic rings. The minimum atomic E-state index is -3.12. The van der Waals surface area contributed by atoms with E-state index in [-0.39, 0.29) is 24.1 Å². The Balaban J connectivity index is 2.14. The van der Waals surface area contributed by atoms with Gasteiger partial charge in [-0.05, 0) is 30.0 Å². The summed E-state index contributed by atoms with van der Waals surface area (Å²) in [5.74, 6) is 5.62. The van der Waals surface area contributed by atoms with Crippen LogP contribution in [0.2, 0.25) is 0 Å². The molecule has 1 atom stereocenters. The molecule has 0 fully saturated rings. The lowest BCUT2D eigenvalue weighted by Crippen LogP contribution is -2.51. The van der Waals surface area contributed by atoms with Crippen molar-refractivity contribution in [3.8, 4) is 23.1 Å². The molecule has 2 rings (SSSR count). The molecule has 34 heavy (non-hydrogen) atoms. The molecule has 0 radical (unpaired) electrons. The Labute approximate surface area is 201 Å². The maximum absolute atomic E-state index is 13.2. The van der Waals surface area contributed by atoms with E-state index in [0.29, 0.717) is 17.9 Å². The molecule has 1 aromatic heterocycles. The van der Waals surface area contributed by atoms with Gasteiger partial charge in [0.2, 0.25) is 5.91 Å². The fraction of sp³-hybridized carbons (Fsp3) is 0.458. The van der Waals surface area contributed by atoms with Crippen molar-refractivity contribution in [3.63, 3.8) is 0 Å². The van der Waals surface area contributed by atoms with Gasteiger partial charge in [0.05, 0.1) is 25.5 Å². The SMILES string of the molecule is CCCN(Cc1ncc(-c2ccc(C#CCS(C)(=O)=O)cc2)[nH]1)C(=O)[C@@H](NC(=O)OC)C(C)C. The number of alkyl carbamates (subject to hydrolysis) is 1. The summed E-state index contributed by atoms with van der Waals surface area (Å²) in [7, 11) is -1.86. The summed E-state index contributed by atoms with van der Waals surface area (Å²) in [4.78, 5) is 34.2. The first-order valence-corrected chi connectivity index (χ1v) is 13.0. The molecule has 0 spiro atoms. The number of imidazole rings is 1. The van der Waals surface area contributed by atoms with E-state index in [0.717, 1.165) is 23.9 Å². The van der Waals surface area contributed by atoms with E-state index in [1.165, 1.54) is 7.11 Å². The molecule has 0 unspecified atom stereocenters. The number of hydrogen-bond donors (Lipinski definition) is 2. The van der Waals surface area contributed by atoms with Crippen molar-refractivity contribution in [1.29, 1.82) is 0 Å². The molecule has 0 aliphatic heterocycles. The third kappa shape index (κ3) is 8.23. The monoisotopic (exact) mass is 488 g/mol. The zero-order chi connectivity index (χ0) is 25.3. The van der Waals surface area contributed by atoms with Crippen LogP contribution in [0.1, 0.15) is 38.6 Å². The van der Waals surface area contributed by atoms with Gasteiger partial charge >= 0.3 is 6.09 Å². The highest BCUT2D eigenvalue weighted by atomic mass is 32.2. The van der Waals surface area contributed by atoms with Gasteiger partial charge in [0, 0.05) is 18.4 Å². The van der Waals surface area contributed by atoms with Crippen molar-refractivity contribution in [3.05, 3.63) is 41.9 Å². The molecule has 10 heteroatoms. The highest BCUT2D eigenvalue weighted by Crippen LogP contribution is 2.19. The van der Waals surface area contributed by atoms with E-state index in [4.69, 9.17) is 0 Å². The second-order valence-corrected chi connectivity index (χ2v) is 10.5. The van der Waals surface area contributed by atoms with Gasteiger partial charge in [-0.1, -0.05) is 44.7 Å². The van der Waals surface area contributed by atoms with E-state index in [1.54, 1.807) is 11.1 Å². The molecule has 9 nitrogen and oxygen atoms in total. The average Bonchev–Trinajstić information content (AvgIpc) is 3.24. The van der Waals surface area contributed by atoms with E-state index >= 15 is 0 Å². The van der Waals surface area contributed by atoms with Crippen LogP contribution in [-0.4, -0.2) is 67.0 Å². The fourth-order valence-electron chi connectivity index (χ4n) is 3.21. The van der Waals surface area contributed by atoms with Crippen molar-refractivity contribution in [2.24, 2.45) is 5.92 Å². The summed E-state index contributed by atoms with van der Waals surface area (Å²) in [6, 6.07) is 6.65. The van der Waals surface area contributed by atoms with Crippen LogP contribution in [0.5, 0.6) is 0 Å². The summed E-state index contributed by atoms with van der Waals surface area (Å²) in [6.45, 7) is 6.49. The number of ether oxygens (including phenoxy) is 1. The van der Waals surface area contributed by atoms with E-state index < -0.39 is 22.0 Å². The average molecular weight is 489 g/mol. The molecule has 0 bridgehead atoms. The molecule has 1 heterocycles. The number of rotatable bonds is 9. The number of H-pyrrole nitrogens is 1. The predicted octanol–water partition coefficient (Wildman–Crippen LogP) is 2.59. The Morgan fingerprint density at radius 1 is 1.24 bits per heavy atom. The van der Waals surface area contributed by atoms with Crippen molar-refractivity contribution >= 4 is 21.8 Å². The number of nitrogens with zero attached hydrogens (tertiary/aromatic N) is 2. The maximum Gasteiger partial charge on any atom is 0.407 e. The number of nitrogens with one attached hydrogen (secondary N) is 2. The number of methoxy groups -OCH3 is 1. The lowest BCUT2D eigenvalue weighted by molar-refractivity contribution is -0.135. The van der Waals surface area contributed by atoms with Crippen LogP contribution in [0.25, 0.3) is 11.3 Å². The van der Waals surface area contributed by atoms with Gasteiger partial charge in [0.25, 0.3) is 0 Å². The van der Waals surface area contributed by atoms with Gasteiger partial charge in [-0.3, -0.25) is 4.79 Å². The van der Waals surface area contributed by atoms with Gasteiger partial charge in [0.1, 0.15) is 17.6 Å². The van der Waals surface area contributed by atoms with E-state index in [2.05, 4.69) is 31.9 Å². The molecule has 0 saturated carbocycles. The Bertz CT molecular complexity index is 1140. The number of amides is 2. The number of carbonyl (C=O) groups excluding carboxylic acids is 2. The van der Waals surface area contributed by atoms with E-state index in [1.807, 2.05) is 45.0 Å². The number of hydrogen-bond acceptors (Lipinski definition) is 6. The summed E-state index contributed by atoms with van der Waals surface area (Å²) in [5, 5.41) is 2.62. The van der Waals surface area contributed by atoms with Crippen molar-refractivity contribution in [2.45, 2.75) is 39.8 Å². The smallest absolute Gasteiger partial charge is 0.407 e. The summed E-state index contributed by atoms with van der Waals surface area (Å²) in [5.41, 5.74) is 2.38. The summed E-state index contributed by atoms with van der Waals surface area (Å²) < 4.78 is 27.0. The molecule has 2 N–H and O–H groups in total. The van der Waals surface area contributed by atoms with Crippen LogP contribution in [0.15, 0.2) is 30.5 Å². The van der Waals surface area contributed by atoms with Crippen LogP contribution in [0.4, 0.5) is 4.79 Å². The van der Waals surface area contributed by atoms with Crippen LogP contribution < -0.4 is 5.32 Å². The molecular formula is C24H32N4O5S. The Morgan fingerprint density at radius 3 is 2.47 bits per heavy atom. The number of aromatic amines is 1. The van der Waals surface area contributed by atoms with Gasteiger partial charge in [-0.2, -0.15) is 0 Å². The van der Waals surface area contributed by atoms with Crippen LogP contribution >= 0.6 is 0 Å². The van der Waals surface area contributed by atoms with Crippen molar-refractivity contribution in [2.75, 3.05) is 25.7 Å². The molecule has 184 valence electrons. The topological polar surface area (TPSA) is 121 Å². The predicted molar refractivity (Wildman–Crippen MR) is 130 cm³/mol. The van der Waals surface area contributed by atoms with Gasteiger partial charge in [0.15, 0.2) is 9.84 Å². The highest BCUT2D eigenvalue weighted by molar-refractivity contribution is 7.90. The van der Waals surface area contributed by atoms with Crippen LogP contribution in [0.3, 0.4) is 0 Å². The first-order valence-electron chi connectivity index (χ1n) is 11.0. The molecule has 2 amide bonds. The molecule has 0 saturated heterocycles. The van der Waals surface area contributed by atoms with E-state index in [9.17, 15) is 18.0 Å². The second-order valence-electron chi connectivity index (χ2n) is 8.31. The maximum atomic E-state index is 13.2. The molecule has 2 aromatic rings. The third-order valence-corrected chi connectivity index (χ3v) is 5.60. The van der Waals surface area contributed by atoms with Crippen LogP contribution in [0, 0.1) is 17.8 Å². The minimum Gasteiger partial charge on any atom is -0.453 e. The van der Waals surface area contributed by atoms with Crippen molar-refractivity contribution in [1.82, 2.24) is 20.2 Å². The minimum absolute atomic E-state index is 0.114. The molecule has 0 aliphatic carbocycles. The summed E-state index contributed by atoms with van der Waals surface area (Å²) >= 11 is 0. The highest BCUT2D eigenvalue weighted by Gasteiger charge is 2.29. The van der Waals surface area contributed by atoms with Gasteiger partial charge in [-0.15, -0.1) is 0 Å². The number of carbonyl (C=O) groups is 2. The second kappa shape index (κ2) is 12.2. The van der Waals surface area contributed by atoms with Gasteiger partial charge in [-0.25, -0.2) is 18.2 Å². The zero-order valence-electron chi connectivity index (χ0n) is 20.2. The largest absolute Gasteiger partial charge is 0.453 e. The lowest BCUT2D eigenvalue weighted by Gasteiger charge is -2.28. The first kappa shape index (κ1) is 26.9. The van der Waals surface area contributed by atoms with Crippen LogP contribution in [-0.2, 0) is 25.9 Å². The van der Waals surface area contributed by atoms with Gasteiger partial charge < -0.3 is 19.9 Å². The fourth-order valence-corrected chi connectivity index (χ4v) is 3.54.